The lowest BCUT2D eigenvalue weighted by molar-refractivity contribution is -0.131. The van der Waals surface area contributed by atoms with Crippen LogP contribution in [0.4, 0.5) is 4.39 Å². The molecule has 184 valence electrons. The molecule has 1 aliphatic carbocycles. The number of halogens is 1. The first kappa shape index (κ1) is 23.3. The number of H-pyrrole nitrogens is 1. The molecule has 2 atom stereocenters. The van der Waals surface area contributed by atoms with Crippen molar-refractivity contribution >= 4 is 22.8 Å². The number of likely N-dealkylation sites (tertiary alicyclic amines) is 1. The highest BCUT2D eigenvalue weighted by Gasteiger charge is 2.33. The zero-order valence-corrected chi connectivity index (χ0v) is 20.2. The van der Waals surface area contributed by atoms with Crippen LogP contribution in [-0.4, -0.2) is 56.9 Å². The number of hydrogen-bond acceptors (Lipinski definition) is 5. The molecule has 0 spiro atoms. The molecule has 3 aromatic rings. The molecule has 2 N–H and O–H groups in total. The van der Waals surface area contributed by atoms with Gasteiger partial charge in [-0.25, -0.2) is 14.4 Å². The molecule has 1 aromatic carbocycles. The monoisotopic (exact) mass is 479 g/mol. The largest absolute Gasteiger partial charge is 0.493 e. The fraction of sp³-hybridized carbons (Fsp3) is 0.462. The van der Waals surface area contributed by atoms with Gasteiger partial charge in [-0.2, -0.15) is 0 Å². The number of rotatable bonds is 7. The molecule has 3 heterocycles. The average molecular weight is 480 g/mol. The van der Waals surface area contributed by atoms with Crippen molar-refractivity contribution in [1.82, 2.24) is 25.2 Å². The first-order valence-corrected chi connectivity index (χ1v) is 12.2. The second-order valence-corrected chi connectivity index (χ2v) is 9.62. The lowest BCUT2D eigenvalue weighted by atomic mass is 10.1. The minimum absolute atomic E-state index is 0.0766. The third-order valence-electron chi connectivity index (χ3n) is 6.90. The summed E-state index contributed by atoms with van der Waals surface area (Å²) in [5.74, 6) is 0.532. The number of carbonyl (C=O) groups is 2. The summed E-state index contributed by atoms with van der Waals surface area (Å²) in [6, 6.07) is 4.34. The van der Waals surface area contributed by atoms with Crippen LogP contribution in [-0.2, 0) is 4.79 Å². The Morgan fingerprint density at radius 3 is 2.83 bits per heavy atom. The number of carbonyl (C=O) groups excluding carboxylic acids is 2. The molecule has 0 unspecified atom stereocenters. The molecule has 9 heteroatoms. The van der Waals surface area contributed by atoms with Gasteiger partial charge in [0.15, 0.2) is 0 Å². The lowest BCUT2D eigenvalue weighted by Gasteiger charge is -2.20. The van der Waals surface area contributed by atoms with Crippen LogP contribution in [0.15, 0.2) is 24.5 Å². The second-order valence-electron chi connectivity index (χ2n) is 9.62. The number of hydrogen-bond donors (Lipinski definition) is 2. The van der Waals surface area contributed by atoms with Crippen molar-refractivity contribution in [3.63, 3.8) is 0 Å². The molecule has 2 fully saturated rings. The zero-order chi connectivity index (χ0) is 24.7. The van der Waals surface area contributed by atoms with Gasteiger partial charge in [-0.05, 0) is 57.2 Å². The molecule has 0 bridgehead atoms. The van der Waals surface area contributed by atoms with Gasteiger partial charge >= 0.3 is 0 Å². The van der Waals surface area contributed by atoms with Gasteiger partial charge in [-0.3, -0.25) is 9.59 Å². The number of ether oxygens (including phenoxy) is 1. The molecular formula is C26H30FN5O3. The molecule has 2 aromatic heterocycles. The quantitative estimate of drug-likeness (QED) is 0.534. The van der Waals surface area contributed by atoms with E-state index in [0.29, 0.717) is 71.2 Å². The maximum absolute atomic E-state index is 14.2. The van der Waals surface area contributed by atoms with E-state index < -0.39 is 5.82 Å². The third kappa shape index (κ3) is 4.59. The van der Waals surface area contributed by atoms with E-state index in [1.54, 1.807) is 13.0 Å². The number of benzene rings is 1. The standard InChI is InChI=1S/C26H30FN5O3/c1-4-21(33)32-11-18(9-14(32)2)31-26(34)22-15(3)30-25-23(28-13-29-24(22)25)19-10-17(27)7-8-20(19)35-12-16-5-6-16/h7-8,10,13-14,16,18,30H,4-6,9,11-12H2,1-3H3,(H,31,34)/t14-,18-/m0/s1. The number of fused-ring (bicyclic) bond motifs is 1. The second kappa shape index (κ2) is 9.28. The van der Waals surface area contributed by atoms with E-state index in [-0.39, 0.29) is 23.9 Å². The molecule has 1 saturated carbocycles. The summed E-state index contributed by atoms with van der Waals surface area (Å²) >= 11 is 0. The van der Waals surface area contributed by atoms with E-state index in [1.165, 1.54) is 18.5 Å². The van der Waals surface area contributed by atoms with E-state index in [9.17, 15) is 14.0 Å². The maximum Gasteiger partial charge on any atom is 0.255 e. The van der Waals surface area contributed by atoms with Gasteiger partial charge in [-0.15, -0.1) is 0 Å². The van der Waals surface area contributed by atoms with Crippen LogP contribution in [0.2, 0.25) is 0 Å². The Kier molecular flexibility index (Phi) is 6.17. The molecule has 1 aliphatic heterocycles. The number of nitrogens with one attached hydrogen (secondary N) is 2. The number of aromatic amines is 1. The molecular weight excluding hydrogens is 449 g/mol. The van der Waals surface area contributed by atoms with Crippen molar-refractivity contribution in [2.75, 3.05) is 13.2 Å². The molecule has 35 heavy (non-hydrogen) atoms. The highest BCUT2D eigenvalue weighted by atomic mass is 19.1. The van der Waals surface area contributed by atoms with Gasteiger partial charge in [-0.1, -0.05) is 6.92 Å². The van der Waals surface area contributed by atoms with Crippen LogP contribution >= 0.6 is 0 Å². The van der Waals surface area contributed by atoms with Crippen LogP contribution in [0.25, 0.3) is 22.3 Å². The van der Waals surface area contributed by atoms with E-state index in [0.717, 1.165) is 12.8 Å². The number of amides is 2. The van der Waals surface area contributed by atoms with Crippen LogP contribution in [0.1, 0.15) is 55.6 Å². The van der Waals surface area contributed by atoms with Gasteiger partial charge in [0, 0.05) is 36.3 Å². The number of nitrogens with zero attached hydrogens (tertiary/aromatic N) is 3. The molecule has 1 saturated heterocycles. The topological polar surface area (TPSA) is 100 Å². The van der Waals surface area contributed by atoms with Gasteiger partial charge in [0.2, 0.25) is 5.91 Å². The Morgan fingerprint density at radius 2 is 2.09 bits per heavy atom. The van der Waals surface area contributed by atoms with E-state index in [1.807, 2.05) is 18.7 Å². The predicted octanol–water partition coefficient (Wildman–Crippen LogP) is 3.99. The molecule has 5 rings (SSSR count). The summed E-state index contributed by atoms with van der Waals surface area (Å²) in [6.45, 7) is 6.72. The first-order chi connectivity index (χ1) is 16.9. The van der Waals surface area contributed by atoms with Crippen molar-refractivity contribution < 1.29 is 18.7 Å². The maximum atomic E-state index is 14.2. The van der Waals surface area contributed by atoms with Crippen molar-refractivity contribution in [1.29, 1.82) is 0 Å². The Hall–Kier alpha value is -3.49. The lowest BCUT2D eigenvalue weighted by Crippen LogP contribution is -2.39. The number of aryl methyl sites for hydroxylation is 1. The number of aromatic nitrogens is 3. The smallest absolute Gasteiger partial charge is 0.255 e. The fourth-order valence-corrected chi connectivity index (χ4v) is 4.85. The van der Waals surface area contributed by atoms with Crippen LogP contribution < -0.4 is 10.1 Å². The van der Waals surface area contributed by atoms with Gasteiger partial charge in [0.25, 0.3) is 5.91 Å². The molecule has 2 aliphatic rings. The Balaban J connectivity index is 1.45. The van der Waals surface area contributed by atoms with Crippen LogP contribution in [0.5, 0.6) is 5.75 Å². The molecule has 2 amide bonds. The first-order valence-electron chi connectivity index (χ1n) is 12.2. The highest BCUT2D eigenvalue weighted by Crippen LogP contribution is 2.36. The Labute approximate surface area is 203 Å². The summed E-state index contributed by atoms with van der Waals surface area (Å²) in [5, 5.41) is 3.08. The van der Waals surface area contributed by atoms with Gasteiger partial charge in [0.05, 0.1) is 17.7 Å². The summed E-state index contributed by atoms with van der Waals surface area (Å²) in [4.78, 5) is 39.4. The van der Waals surface area contributed by atoms with E-state index in [4.69, 9.17) is 4.74 Å². The zero-order valence-electron chi connectivity index (χ0n) is 20.2. The third-order valence-corrected chi connectivity index (χ3v) is 6.90. The Bertz CT molecular complexity index is 1290. The minimum Gasteiger partial charge on any atom is -0.493 e. The van der Waals surface area contributed by atoms with Crippen molar-refractivity contribution in [3.8, 4) is 17.0 Å². The summed E-state index contributed by atoms with van der Waals surface area (Å²) in [5.41, 5.74) is 3.09. The van der Waals surface area contributed by atoms with Gasteiger partial charge in [0.1, 0.15) is 29.1 Å². The highest BCUT2D eigenvalue weighted by molar-refractivity contribution is 6.09. The predicted molar refractivity (Wildman–Crippen MR) is 130 cm³/mol. The summed E-state index contributed by atoms with van der Waals surface area (Å²) < 4.78 is 20.2. The van der Waals surface area contributed by atoms with Crippen LogP contribution in [0, 0.1) is 18.7 Å². The molecule has 0 radical (unpaired) electrons. The SMILES string of the molecule is CCC(=O)N1C[C@@H](NC(=O)c2c(C)[nH]c3c(-c4cc(F)ccc4OCC4CC4)ncnc23)C[C@@H]1C. The van der Waals surface area contributed by atoms with E-state index in [2.05, 4.69) is 20.3 Å². The van der Waals surface area contributed by atoms with Gasteiger partial charge < -0.3 is 19.9 Å². The Morgan fingerprint density at radius 1 is 1.29 bits per heavy atom. The summed E-state index contributed by atoms with van der Waals surface area (Å²) in [6.07, 6.45) is 4.82. The average Bonchev–Trinajstić information content (AvgIpc) is 3.50. The van der Waals surface area contributed by atoms with Crippen molar-refractivity contribution in [3.05, 3.63) is 41.6 Å². The minimum atomic E-state index is -0.395. The summed E-state index contributed by atoms with van der Waals surface area (Å²) in [7, 11) is 0. The molecule has 8 nitrogen and oxygen atoms in total. The van der Waals surface area contributed by atoms with E-state index >= 15 is 0 Å². The van der Waals surface area contributed by atoms with Crippen molar-refractivity contribution in [2.24, 2.45) is 5.92 Å². The normalized spacial score (nSPS) is 19.8. The van der Waals surface area contributed by atoms with Crippen molar-refractivity contribution in [2.45, 2.75) is 58.5 Å². The fourth-order valence-electron chi connectivity index (χ4n) is 4.85. The van der Waals surface area contributed by atoms with Crippen LogP contribution in [0.3, 0.4) is 0 Å².